The monoisotopic (exact) mass is 417 g/mol. The molecule has 2 aromatic rings. The van der Waals surface area contributed by atoms with Crippen LogP contribution in [0.3, 0.4) is 0 Å². The number of pyridine rings is 1. The number of benzene rings is 1. The van der Waals surface area contributed by atoms with E-state index in [1.54, 1.807) is 34.9 Å². The number of hydrogen-bond donors (Lipinski definition) is 1. The fraction of sp³-hybridized carbons (Fsp3) is 0.267. The highest BCUT2D eigenvalue weighted by atomic mass is 79.9. The van der Waals surface area contributed by atoms with Gasteiger partial charge in [0.1, 0.15) is 0 Å². The number of halogens is 2. The van der Waals surface area contributed by atoms with Gasteiger partial charge in [0.05, 0.1) is 10.9 Å². The molecular weight excluding hydrogens is 402 g/mol. The van der Waals surface area contributed by atoms with Crippen LogP contribution < -0.4 is 5.32 Å². The van der Waals surface area contributed by atoms with Crippen molar-refractivity contribution in [3.63, 3.8) is 0 Å². The molecule has 1 N–H and O–H groups in total. The number of rotatable bonds is 3. The van der Waals surface area contributed by atoms with E-state index in [1.807, 2.05) is 18.2 Å². The Morgan fingerprint density at radius 2 is 2.09 bits per heavy atom. The van der Waals surface area contributed by atoms with Crippen LogP contribution in [0.1, 0.15) is 11.6 Å². The predicted molar refractivity (Wildman–Crippen MR) is 95.1 cm³/mol. The zero-order valence-electron chi connectivity index (χ0n) is 12.2. The van der Waals surface area contributed by atoms with E-state index >= 15 is 0 Å². The van der Waals surface area contributed by atoms with Crippen LogP contribution in [0, 0.1) is 0 Å². The van der Waals surface area contributed by atoms with Crippen molar-refractivity contribution < 1.29 is 8.42 Å². The summed E-state index contributed by atoms with van der Waals surface area (Å²) < 4.78 is 28.3. The average molecular weight is 419 g/mol. The van der Waals surface area contributed by atoms with Gasteiger partial charge in [-0.05, 0) is 29.8 Å². The molecule has 1 aliphatic heterocycles. The van der Waals surface area contributed by atoms with Gasteiger partial charge in [0.2, 0.25) is 10.0 Å². The first kappa shape index (κ1) is 18.4. The van der Waals surface area contributed by atoms with Gasteiger partial charge in [0.15, 0.2) is 0 Å². The highest BCUT2D eigenvalue weighted by Crippen LogP contribution is 2.29. The summed E-state index contributed by atoms with van der Waals surface area (Å²) in [5, 5.41) is 3.26. The van der Waals surface area contributed by atoms with Crippen LogP contribution in [0.4, 0.5) is 0 Å². The molecule has 5 nitrogen and oxygen atoms in total. The summed E-state index contributed by atoms with van der Waals surface area (Å²) in [4.78, 5) is 4.41. The van der Waals surface area contributed by atoms with Crippen molar-refractivity contribution in [2.75, 3.05) is 19.6 Å². The Morgan fingerprint density at radius 3 is 2.78 bits per heavy atom. The van der Waals surface area contributed by atoms with Gasteiger partial charge in [-0.25, -0.2) is 8.42 Å². The van der Waals surface area contributed by atoms with Crippen LogP contribution in [-0.4, -0.2) is 37.3 Å². The SMILES string of the molecule is Cl.O=S(=O)(c1cccc(Br)c1)N1CCNCC1c1cccnc1. The minimum Gasteiger partial charge on any atom is -0.313 e. The van der Waals surface area contributed by atoms with Gasteiger partial charge in [0, 0.05) is 36.5 Å². The van der Waals surface area contributed by atoms with Crippen LogP contribution in [-0.2, 0) is 10.0 Å². The number of piperazine rings is 1. The second-order valence-electron chi connectivity index (χ2n) is 5.08. The van der Waals surface area contributed by atoms with Gasteiger partial charge in [-0.3, -0.25) is 4.98 Å². The second kappa shape index (κ2) is 7.72. The lowest BCUT2D eigenvalue weighted by molar-refractivity contribution is 0.271. The average Bonchev–Trinajstić information content (AvgIpc) is 2.56. The first-order chi connectivity index (χ1) is 10.6. The lowest BCUT2D eigenvalue weighted by Gasteiger charge is -2.35. The molecule has 1 fully saturated rings. The topological polar surface area (TPSA) is 62.3 Å². The lowest BCUT2D eigenvalue weighted by Crippen LogP contribution is -2.48. The van der Waals surface area contributed by atoms with E-state index in [9.17, 15) is 8.42 Å². The largest absolute Gasteiger partial charge is 0.313 e. The van der Waals surface area contributed by atoms with E-state index in [1.165, 1.54) is 0 Å². The molecule has 23 heavy (non-hydrogen) atoms. The molecular formula is C15H17BrClN3O2S. The van der Waals surface area contributed by atoms with Crippen molar-refractivity contribution in [2.24, 2.45) is 0 Å². The van der Waals surface area contributed by atoms with E-state index in [2.05, 4.69) is 26.2 Å². The zero-order chi connectivity index (χ0) is 15.6. The van der Waals surface area contributed by atoms with E-state index in [4.69, 9.17) is 0 Å². The fourth-order valence-electron chi connectivity index (χ4n) is 2.59. The fourth-order valence-corrected chi connectivity index (χ4v) is 4.80. The van der Waals surface area contributed by atoms with Gasteiger partial charge < -0.3 is 5.32 Å². The van der Waals surface area contributed by atoms with Crippen molar-refractivity contribution in [3.8, 4) is 0 Å². The molecule has 1 aromatic heterocycles. The van der Waals surface area contributed by atoms with Crippen molar-refractivity contribution in [1.29, 1.82) is 0 Å². The molecule has 0 spiro atoms. The second-order valence-corrected chi connectivity index (χ2v) is 7.89. The Hall–Kier alpha value is -0.990. The third kappa shape index (κ3) is 3.92. The Balaban J connectivity index is 0.00000192. The van der Waals surface area contributed by atoms with Crippen LogP contribution in [0.5, 0.6) is 0 Å². The van der Waals surface area contributed by atoms with E-state index in [0.29, 0.717) is 24.5 Å². The van der Waals surface area contributed by atoms with Crippen molar-refractivity contribution in [2.45, 2.75) is 10.9 Å². The minimum absolute atomic E-state index is 0. The Morgan fingerprint density at radius 1 is 1.26 bits per heavy atom. The molecule has 0 saturated carbocycles. The van der Waals surface area contributed by atoms with Crippen molar-refractivity contribution >= 4 is 38.4 Å². The zero-order valence-corrected chi connectivity index (χ0v) is 15.4. The standard InChI is InChI=1S/C15H16BrN3O2S.ClH/c16-13-4-1-5-14(9-13)22(20,21)19-8-7-18-11-15(19)12-3-2-6-17-10-12;/h1-6,9-10,15,18H,7-8,11H2;1H. The smallest absolute Gasteiger partial charge is 0.243 e. The van der Waals surface area contributed by atoms with Gasteiger partial charge in [-0.1, -0.05) is 28.1 Å². The van der Waals surface area contributed by atoms with E-state index in [0.717, 1.165) is 10.0 Å². The molecule has 0 bridgehead atoms. The highest BCUT2D eigenvalue weighted by molar-refractivity contribution is 9.10. The lowest BCUT2D eigenvalue weighted by atomic mass is 10.1. The Labute approximate surface area is 150 Å². The number of sulfonamides is 1. The maximum absolute atomic E-state index is 13.0. The van der Waals surface area contributed by atoms with Crippen LogP contribution in [0.25, 0.3) is 0 Å². The predicted octanol–water partition coefficient (Wildman–Crippen LogP) is 2.60. The van der Waals surface area contributed by atoms with Gasteiger partial charge in [0.25, 0.3) is 0 Å². The third-order valence-corrected chi connectivity index (χ3v) is 6.06. The number of nitrogens with zero attached hydrogens (tertiary/aromatic N) is 2. The minimum atomic E-state index is -3.55. The molecule has 1 saturated heterocycles. The maximum atomic E-state index is 13.0. The Bertz CT molecular complexity index is 758. The van der Waals surface area contributed by atoms with Crippen molar-refractivity contribution in [3.05, 3.63) is 58.8 Å². The summed E-state index contributed by atoms with van der Waals surface area (Å²) in [6.07, 6.45) is 3.41. The van der Waals surface area contributed by atoms with Crippen molar-refractivity contribution in [1.82, 2.24) is 14.6 Å². The number of nitrogens with one attached hydrogen (secondary N) is 1. The van der Waals surface area contributed by atoms with Crippen LogP contribution in [0.15, 0.2) is 58.2 Å². The summed E-state index contributed by atoms with van der Waals surface area (Å²) in [7, 11) is -3.55. The highest BCUT2D eigenvalue weighted by Gasteiger charge is 2.34. The van der Waals surface area contributed by atoms with Crippen LogP contribution >= 0.6 is 28.3 Å². The molecule has 2 heterocycles. The van der Waals surface area contributed by atoms with Gasteiger partial charge in [-0.15, -0.1) is 12.4 Å². The van der Waals surface area contributed by atoms with E-state index in [-0.39, 0.29) is 18.4 Å². The first-order valence-corrected chi connectivity index (χ1v) is 9.20. The quantitative estimate of drug-likeness (QED) is 0.832. The maximum Gasteiger partial charge on any atom is 0.243 e. The van der Waals surface area contributed by atoms with E-state index < -0.39 is 10.0 Å². The summed E-state index contributed by atoms with van der Waals surface area (Å²) in [5.74, 6) is 0. The van der Waals surface area contributed by atoms with Gasteiger partial charge >= 0.3 is 0 Å². The summed E-state index contributed by atoms with van der Waals surface area (Å²) >= 11 is 3.33. The third-order valence-electron chi connectivity index (χ3n) is 3.67. The Kier molecular flexibility index (Phi) is 6.16. The molecule has 1 unspecified atom stereocenters. The normalized spacial score (nSPS) is 19.1. The number of hydrogen-bond acceptors (Lipinski definition) is 4. The molecule has 0 amide bonds. The molecule has 124 valence electrons. The molecule has 1 atom stereocenters. The summed E-state index contributed by atoms with van der Waals surface area (Å²) in [6.45, 7) is 1.66. The molecule has 0 aliphatic carbocycles. The molecule has 1 aromatic carbocycles. The van der Waals surface area contributed by atoms with Crippen LogP contribution in [0.2, 0.25) is 0 Å². The molecule has 8 heteroatoms. The molecule has 1 aliphatic rings. The van der Waals surface area contributed by atoms with Gasteiger partial charge in [-0.2, -0.15) is 4.31 Å². The molecule has 0 radical (unpaired) electrons. The molecule has 3 rings (SSSR count). The summed E-state index contributed by atoms with van der Waals surface area (Å²) in [5.41, 5.74) is 0.897. The number of aromatic nitrogens is 1. The first-order valence-electron chi connectivity index (χ1n) is 6.97. The summed E-state index contributed by atoms with van der Waals surface area (Å²) in [6, 6.07) is 10.3.